The summed E-state index contributed by atoms with van der Waals surface area (Å²) in [5.41, 5.74) is 1.07. The maximum atomic E-state index is 12.9. The van der Waals surface area contributed by atoms with Crippen molar-refractivity contribution in [2.75, 3.05) is 23.9 Å². The Morgan fingerprint density at radius 2 is 1.85 bits per heavy atom. The molecule has 0 unspecified atom stereocenters. The molecule has 1 aromatic heterocycles. The summed E-state index contributed by atoms with van der Waals surface area (Å²) >= 11 is 0. The molecule has 3 aromatic rings. The Bertz CT molecular complexity index is 1200. The zero-order chi connectivity index (χ0) is 23.6. The van der Waals surface area contributed by atoms with E-state index in [1.807, 2.05) is 0 Å². The number of aromatic nitrogens is 1. The molecule has 33 heavy (non-hydrogen) atoms. The lowest BCUT2D eigenvalue weighted by Gasteiger charge is -2.15. The molecule has 11 heteroatoms. The van der Waals surface area contributed by atoms with E-state index in [0.29, 0.717) is 17.1 Å². The first-order valence-corrected chi connectivity index (χ1v) is 9.53. The largest absolute Gasteiger partial charge is 0.573 e. The minimum Gasteiger partial charge on any atom is -0.484 e. The number of nitrogens with zero attached hydrogens (tertiary/aromatic N) is 2. The van der Waals surface area contributed by atoms with Gasteiger partial charge in [0, 0.05) is 18.9 Å². The zero-order valence-corrected chi connectivity index (χ0v) is 17.1. The van der Waals surface area contributed by atoms with E-state index in [-0.39, 0.29) is 23.1 Å². The topological polar surface area (TPSA) is 90.0 Å². The summed E-state index contributed by atoms with van der Waals surface area (Å²) in [6, 6.07) is 12.6. The highest BCUT2D eigenvalue weighted by Crippen LogP contribution is 2.37. The molecule has 0 saturated heterocycles. The van der Waals surface area contributed by atoms with Crippen LogP contribution in [0.5, 0.6) is 23.1 Å². The van der Waals surface area contributed by atoms with E-state index in [2.05, 4.69) is 15.0 Å². The van der Waals surface area contributed by atoms with Crippen LogP contribution in [0.3, 0.4) is 0 Å². The van der Waals surface area contributed by atoms with Gasteiger partial charge in [0.1, 0.15) is 22.9 Å². The molecule has 170 valence electrons. The van der Waals surface area contributed by atoms with Crippen LogP contribution in [0.4, 0.5) is 24.5 Å². The molecular weight excluding hydrogens is 443 g/mol. The van der Waals surface area contributed by atoms with E-state index in [4.69, 9.17) is 9.47 Å². The van der Waals surface area contributed by atoms with Crippen molar-refractivity contribution in [2.45, 2.75) is 6.36 Å². The minimum atomic E-state index is -4.79. The molecule has 2 heterocycles. The molecule has 0 fully saturated rings. The number of benzene rings is 2. The van der Waals surface area contributed by atoms with Crippen LogP contribution in [0, 0.1) is 0 Å². The Morgan fingerprint density at radius 3 is 2.58 bits per heavy atom. The number of alkyl halides is 3. The predicted molar refractivity (Wildman–Crippen MR) is 111 cm³/mol. The molecule has 2 amide bonds. The molecule has 0 spiro atoms. The van der Waals surface area contributed by atoms with Crippen molar-refractivity contribution in [1.29, 1.82) is 0 Å². The van der Waals surface area contributed by atoms with Gasteiger partial charge in [-0.05, 0) is 54.6 Å². The summed E-state index contributed by atoms with van der Waals surface area (Å²) in [5.74, 6) is -0.532. The molecule has 0 bridgehead atoms. The van der Waals surface area contributed by atoms with Crippen LogP contribution in [-0.4, -0.2) is 36.8 Å². The molecule has 1 aliphatic heterocycles. The van der Waals surface area contributed by atoms with Gasteiger partial charge in [-0.1, -0.05) is 0 Å². The highest BCUT2D eigenvalue weighted by molar-refractivity contribution is 6.10. The number of nitrogens with one attached hydrogen (secondary N) is 1. The van der Waals surface area contributed by atoms with E-state index in [0.717, 1.165) is 12.1 Å². The van der Waals surface area contributed by atoms with Crippen molar-refractivity contribution >= 4 is 23.2 Å². The summed E-state index contributed by atoms with van der Waals surface area (Å²) in [6.45, 7) is -0.406. The molecule has 8 nitrogen and oxygen atoms in total. The van der Waals surface area contributed by atoms with Gasteiger partial charge in [0.15, 0.2) is 6.61 Å². The van der Waals surface area contributed by atoms with Gasteiger partial charge in [-0.3, -0.25) is 9.59 Å². The summed E-state index contributed by atoms with van der Waals surface area (Å²) in [6.07, 6.45) is -3.25. The lowest BCUT2D eigenvalue weighted by Crippen LogP contribution is -2.25. The monoisotopic (exact) mass is 459 g/mol. The van der Waals surface area contributed by atoms with E-state index in [1.54, 1.807) is 37.5 Å². The summed E-state index contributed by atoms with van der Waals surface area (Å²) in [4.78, 5) is 30.7. The van der Waals surface area contributed by atoms with Crippen LogP contribution in [-0.2, 0) is 4.79 Å². The SMILES string of the molecule is CN1C(=O)c2cc(NC(=O)COc3ccc(OC(F)(F)F)cc3)ccc2Oc2ncccc21. The van der Waals surface area contributed by atoms with Crippen molar-refractivity contribution in [2.24, 2.45) is 0 Å². The average Bonchev–Trinajstić information content (AvgIpc) is 2.87. The van der Waals surface area contributed by atoms with Crippen molar-refractivity contribution in [1.82, 2.24) is 4.98 Å². The second-order valence-electron chi connectivity index (χ2n) is 6.86. The van der Waals surface area contributed by atoms with Gasteiger partial charge in [0.05, 0.1) is 5.56 Å². The highest BCUT2D eigenvalue weighted by atomic mass is 19.4. The van der Waals surface area contributed by atoms with E-state index < -0.39 is 24.6 Å². The Kier molecular flexibility index (Phi) is 5.78. The normalized spacial score (nSPS) is 12.7. The summed E-state index contributed by atoms with van der Waals surface area (Å²) in [7, 11) is 1.59. The third kappa shape index (κ3) is 5.14. The molecule has 0 aliphatic carbocycles. The van der Waals surface area contributed by atoms with Crippen LogP contribution in [0.25, 0.3) is 0 Å². The first kappa shape index (κ1) is 21.9. The van der Waals surface area contributed by atoms with Gasteiger partial charge in [-0.2, -0.15) is 0 Å². The van der Waals surface area contributed by atoms with Crippen molar-refractivity contribution in [3.05, 3.63) is 66.4 Å². The first-order valence-electron chi connectivity index (χ1n) is 9.53. The predicted octanol–water partition coefficient (Wildman–Crippen LogP) is 4.38. The molecular formula is C22H16F3N3O5. The van der Waals surface area contributed by atoms with E-state index >= 15 is 0 Å². The second-order valence-corrected chi connectivity index (χ2v) is 6.86. The van der Waals surface area contributed by atoms with E-state index in [9.17, 15) is 22.8 Å². The second kappa shape index (κ2) is 8.69. The lowest BCUT2D eigenvalue weighted by atomic mass is 10.1. The van der Waals surface area contributed by atoms with Crippen LogP contribution < -0.4 is 24.4 Å². The van der Waals surface area contributed by atoms with Crippen molar-refractivity contribution in [3.8, 4) is 23.1 Å². The molecule has 0 saturated carbocycles. The number of hydrogen-bond donors (Lipinski definition) is 1. The summed E-state index contributed by atoms with van der Waals surface area (Å²) < 4.78 is 51.4. The van der Waals surface area contributed by atoms with Crippen LogP contribution in [0.15, 0.2) is 60.8 Å². The quantitative estimate of drug-likeness (QED) is 0.609. The number of anilines is 2. The molecule has 4 rings (SSSR count). The van der Waals surface area contributed by atoms with Gasteiger partial charge in [-0.15, -0.1) is 13.2 Å². The lowest BCUT2D eigenvalue weighted by molar-refractivity contribution is -0.274. The fraction of sp³-hybridized carbons (Fsp3) is 0.136. The number of fused-ring (bicyclic) bond motifs is 2. The van der Waals surface area contributed by atoms with Gasteiger partial charge >= 0.3 is 6.36 Å². The molecule has 0 atom stereocenters. The number of hydrogen-bond acceptors (Lipinski definition) is 6. The van der Waals surface area contributed by atoms with Gasteiger partial charge in [0.25, 0.3) is 11.8 Å². The molecule has 1 aliphatic rings. The Labute approximate surface area is 185 Å². The number of halogens is 3. The number of rotatable bonds is 5. The Balaban J connectivity index is 1.40. The number of carbonyl (C=O) groups is 2. The maximum absolute atomic E-state index is 12.9. The van der Waals surface area contributed by atoms with Gasteiger partial charge < -0.3 is 24.4 Å². The van der Waals surface area contributed by atoms with Crippen LogP contribution in [0.2, 0.25) is 0 Å². The minimum absolute atomic E-state index is 0.178. The van der Waals surface area contributed by atoms with Crippen LogP contribution >= 0.6 is 0 Å². The molecule has 0 radical (unpaired) electrons. The fourth-order valence-electron chi connectivity index (χ4n) is 3.06. The van der Waals surface area contributed by atoms with Crippen molar-refractivity contribution < 1.29 is 37.0 Å². The number of pyridine rings is 1. The van der Waals surface area contributed by atoms with Gasteiger partial charge in [0.2, 0.25) is 5.88 Å². The maximum Gasteiger partial charge on any atom is 0.573 e. The fourth-order valence-corrected chi connectivity index (χ4v) is 3.06. The van der Waals surface area contributed by atoms with Gasteiger partial charge in [-0.25, -0.2) is 4.98 Å². The number of ether oxygens (including phenoxy) is 3. The van der Waals surface area contributed by atoms with E-state index in [1.165, 1.54) is 23.1 Å². The number of carbonyl (C=O) groups excluding carboxylic acids is 2. The smallest absolute Gasteiger partial charge is 0.484 e. The molecule has 2 aromatic carbocycles. The highest BCUT2D eigenvalue weighted by Gasteiger charge is 2.31. The average molecular weight is 459 g/mol. The number of amides is 2. The van der Waals surface area contributed by atoms with Crippen molar-refractivity contribution in [3.63, 3.8) is 0 Å². The third-order valence-corrected chi connectivity index (χ3v) is 4.54. The zero-order valence-electron chi connectivity index (χ0n) is 17.1. The first-order chi connectivity index (χ1) is 15.7. The molecule has 1 N–H and O–H groups in total. The Morgan fingerprint density at radius 1 is 1.12 bits per heavy atom. The third-order valence-electron chi connectivity index (χ3n) is 4.54. The standard InChI is InChI=1S/C22H16F3N3O5/c1-28-17-3-2-10-26-20(17)32-18-9-4-13(11-16(18)21(28)30)27-19(29)12-31-14-5-7-15(8-6-14)33-22(23,24)25/h2-11H,12H2,1H3,(H,27,29). The van der Waals surface area contributed by atoms with Crippen LogP contribution in [0.1, 0.15) is 10.4 Å². The summed E-state index contributed by atoms with van der Waals surface area (Å²) in [5, 5.41) is 2.60. The Hall–Kier alpha value is -4.28.